The van der Waals surface area contributed by atoms with Crippen molar-refractivity contribution in [3.8, 4) is 0 Å². The van der Waals surface area contributed by atoms with Crippen molar-refractivity contribution in [2.45, 2.75) is 38.1 Å². The van der Waals surface area contributed by atoms with E-state index in [0.29, 0.717) is 18.1 Å². The maximum atomic E-state index is 6.13. The second-order valence-corrected chi connectivity index (χ2v) is 6.30. The highest BCUT2D eigenvalue weighted by molar-refractivity contribution is 5.09. The smallest absolute Gasteiger partial charge is 0.0776 e. The zero-order chi connectivity index (χ0) is 14.8. The van der Waals surface area contributed by atoms with E-state index in [-0.39, 0.29) is 0 Å². The largest absolute Gasteiger partial charge is 0.375 e. The molecule has 5 heteroatoms. The molecular weight excluding hydrogens is 276 g/mol. The molecule has 0 spiro atoms. The van der Waals surface area contributed by atoms with Crippen LogP contribution in [0.3, 0.4) is 0 Å². The fourth-order valence-electron chi connectivity index (χ4n) is 3.90. The number of hydrogen-bond acceptors (Lipinski definition) is 4. The third kappa shape index (κ3) is 2.78. The number of ether oxygens (including phenoxy) is 1. The normalized spacial score (nSPS) is 28.6. The standard InChI is InChI=1S/C17H22N4O/c1-3-14(11-18-6-1)12-20-9-10-22-17-15(4-5-16(17)20)13-21-8-2-7-19-21/h1-3,6-8,11,15-17H,4-5,9-10,12-13H2/t15-,16+,17+/m1/s1. The van der Waals surface area contributed by atoms with Crippen LogP contribution in [-0.4, -0.2) is 45.0 Å². The van der Waals surface area contributed by atoms with Crippen molar-refractivity contribution in [1.29, 1.82) is 0 Å². The number of hydrogen-bond donors (Lipinski definition) is 0. The average Bonchev–Trinajstić information content (AvgIpc) is 3.20. The fraction of sp³-hybridized carbons (Fsp3) is 0.529. The number of fused-ring (bicyclic) bond motifs is 1. The van der Waals surface area contributed by atoms with Crippen molar-refractivity contribution in [3.63, 3.8) is 0 Å². The van der Waals surface area contributed by atoms with E-state index in [0.717, 1.165) is 26.2 Å². The molecule has 1 aliphatic carbocycles. The van der Waals surface area contributed by atoms with E-state index in [9.17, 15) is 0 Å². The molecule has 2 fully saturated rings. The molecule has 5 nitrogen and oxygen atoms in total. The predicted molar refractivity (Wildman–Crippen MR) is 83.1 cm³/mol. The minimum absolute atomic E-state index is 0.342. The second-order valence-electron chi connectivity index (χ2n) is 6.30. The Bertz CT molecular complexity index is 586. The van der Waals surface area contributed by atoms with Crippen LogP contribution in [0.1, 0.15) is 18.4 Å². The molecule has 0 bridgehead atoms. The summed E-state index contributed by atoms with van der Waals surface area (Å²) in [5, 5.41) is 4.34. The minimum Gasteiger partial charge on any atom is -0.375 e. The van der Waals surface area contributed by atoms with Crippen molar-refractivity contribution >= 4 is 0 Å². The van der Waals surface area contributed by atoms with Crippen LogP contribution >= 0.6 is 0 Å². The first-order valence-corrected chi connectivity index (χ1v) is 8.12. The first-order valence-electron chi connectivity index (χ1n) is 8.12. The van der Waals surface area contributed by atoms with Crippen LogP contribution < -0.4 is 0 Å². The van der Waals surface area contributed by atoms with Gasteiger partial charge in [-0.2, -0.15) is 5.10 Å². The third-order valence-electron chi connectivity index (χ3n) is 4.92. The highest BCUT2D eigenvalue weighted by Crippen LogP contribution is 2.36. The Morgan fingerprint density at radius 1 is 1.23 bits per heavy atom. The number of aromatic nitrogens is 3. The van der Waals surface area contributed by atoms with Crippen LogP contribution in [0.2, 0.25) is 0 Å². The summed E-state index contributed by atoms with van der Waals surface area (Å²) in [5.74, 6) is 0.571. The molecule has 2 aromatic heterocycles. The quantitative estimate of drug-likeness (QED) is 0.865. The summed E-state index contributed by atoms with van der Waals surface area (Å²) < 4.78 is 8.17. The maximum Gasteiger partial charge on any atom is 0.0776 e. The number of morpholine rings is 1. The van der Waals surface area contributed by atoms with Crippen molar-refractivity contribution in [1.82, 2.24) is 19.7 Å². The molecule has 1 saturated carbocycles. The Balaban J connectivity index is 1.44. The van der Waals surface area contributed by atoms with Gasteiger partial charge in [-0.05, 0) is 30.5 Å². The SMILES string of the molecule is c1cncc(CN2CCO[C@H]3[C@@H](Cn4cccn4)CC[C@@H]32)c1. The van der Waals surface area contributed by atoms with Crippen molar-refractivity contribution in [2.75, 3.05) is 13.2 Å². The molecule has 3 heterocycles. The Hall–Kier alpha value is -1.72. The van der Waals surface area contributed by atoms with E-state index in [4.69, 9.17) is 4.74 Å². The Kier molecular flexibility index (Phi) is 3.91. The zero-order valence-corrected chi connectivity index (χ0v) is 12.7. The molecule has 1 saturated heterocycles. The van der Waals surface area contributed by atoms with Gasteiger partial charge in [0.15, 0.2) is 0 Å². The fourth-order valence-corrected chi connectivity index (χ4v) is 3.90. The summed E-state index contributed by atoms with van der Waals surface area (Å²) in [6.07, 6.45) is 10.5. The van der Waals surface area contributed by atoms with Gasteiger partial charge in [-0.1, -0.05) is 6.07 Å². The number of pyridine rings is 1. The molecule has 0 radical (unpaired) electrons. The Morgan fingerprint density at radius 2 is 2.23 bits per heavy atom. The third-order valence-corrected chi connectivity index (χ3v) is 4.92. The predicted octanol–water partition coefficient (Wildman–Crippen LogP) is 1.96. The van der Waals surface area contributed by atoms with E-state index in [1.54, 1.807) is 0 Å². The molecule has 22 heavy (non-hydrogen) atoms. The maximum absolute atomic E-state index is 6.13. The molecule has 2 aliphatic rings. The van der Waals surface area contributed by atoms with Gasteiger partial charge in [0.25, 0.3) is 0 Å². The molecule has 0 N–H and O–H groups in total. The lowest BCUT2D eigenvalue weighted by Gasteiger charge is -2.39. The van der Waals surface area contributed by atoms with Gasteiger partial charge in [-0.25, -0.2) is 0 Å². The summed E-state index contributed by atoms with van der Waals surface area (Å²) in [6, 6.07) is 6.70. The Morgan fingerprint density at radius 3 is 3.05 bits per heavy atom. The molecule has 116 valence electrons. The molecule has 0 aromatic carbocycles. The highest BCUT2D eigenvalue weighted by Gasteiger charge is 2.42. The summed E-state index contributed by atoms with van der Waals surface area (Å²) >= 11 is 0. The minimum atomic E-state index is 0.342. The zero-order valence-electron chi connectivity index (χ0n) is 12.7. The van der Waals surface area contributed by atoms with Crippen molar-refractivity contribution in [3.05, 3.63) is 48.5 Å². The topological polar surface area (TPSA) is 43.2 Å². The lowest BCUT2D eigenvalue weighted by molar-refractivity contribution is -0.0790. The van der Waals surface area contributed by atoms with Crippen LogP contribution in [0.4, 0.5) is 0 Å². The first-order chi connectivity index (χ1) is 10.9. The molecular formula is C17H22N4O. The van der Waals surface area contributed by atoms with Gasteiger partial charge in [-0.15, -0.1) is 0 Å². The van der Waals surface area contributed by atoms with Crippen LogP contribution in [0.5, 0.6) is 0 Å². The summed E-state index contributed by atoms with van der Waals surface area (Å²) in [6.45, 7) is 3.79. The first kappa shape index (κ1) is 13.9. The van der Waals surface area contributed by atoms with Crippen molar-refractivity contribution < 1.29 is 4.74 Å². The van der Waals surface area contributed by atoms with Gasteiger partial charge in [0.05, 0.1) is 12.7 Å². The molecule has 2 aromatic rings. The lowest BCUT2D eigenvalue weighted by atomic mass is 10.0. The summed E-state index contributed by atoms with van der Waals surface area (Å²) in [4.78, 5) is 6.81. The van der Waals surface area contributed by atoms with E-state index < -0.39 is 0 Å². The summed E-state index contributed by atoms with van der Waals surface area (Å²) in [7, 11) is 0. The van der Waals surface area contributed by atoms with Gasteiger partial charge in [0, 0.05) is 56.4 Å². The van der Waals surface area contributed by atoms with Gasteiger partial charge in [0.2, 0.25) is 0 Å². The average molecular weight is 298 g/mol. The van der Waals surface area contributed by atoms with Gasteiger partial charge in [-0.3, -0.25) is 14.6 Å². The second kappa shape index (κ2) is 6.18. The van der Waals surface area contributed by atoms with Crippen molar-refractivity contribution in [2.24, 2.45) is 5.92 Å². The molecule has 3 atom stereocenters. The lowest BCUT2D eigenvalue weighted by Crippen LogP contribution is -2.50. The van der Waals surface area contributed by atoms with Crippen LogP contribution in [0.25, 0.3) is 0 Å². The van der Waals surface area contributed by atoms with E-state index >= 15 is 0 Å². The molecule has 0 amide bonds. The molecule has 0 unspecified atom stereocenters. The Labute approximate surface area is 130 Å². The van der Waals surface area contributed by atoms with Crippen LogP contribution in [0.15, 0.2) is 43.0 Å². The molecule has 4 rings (SSSR count). The summed E-state index contributed by atoms with van der Waals surface area (Å²) in [5.41, 5.74) is 1.29. The van der Waals surface area contributed by atoms with Crippen LogP contribution in [0, 0.1) is 5.92 Å². The highest BCUT2D eigenvalue weighted by atomic mass is 16.5. The van der Waals surface area contributed by atoms with Crippen LogP contribution in [-0.2, 0) is 17.8 Å². The van der Waals surface area contributed by atoms with E-state index in [1.807, 2.05) is 41.6 Å². The monoisotopic (exact) mass is 298 g/mol. The number of nitrogens with zero attached hydrogens (tertiary/aromatic N) is 4. The van der Waals surface area contributed by atoms with Gasteiger partial charge < -0.3 is 4.74 Å². The molecule has 1 aliphatic heterocycles. The van der Waals surface area contributed by atoms with Gasteiger partial charge in [0.1, 0.15) is 0 Å². The van der Waals surface area contributed by atoms with E-state index in [1.165, 1.54) is 18.4 Å². The van der Waals surface area contributed by atoms with Gasteiger partial charge >= 0.3 is 0 Å². The van der Waals surface area contributed by atoms with E-state index in [2.05, 4.69) is 21.0 Å². The number of rotatable bonds is 4.